The van der Waals surface area contributed by atoms with Crippen LogP contribution in [0.5, 0.6) is 0 Å². The number of nitrogens with zero attached hydrogens (tertiary/aromatic N) is 1. The molecule has 1 N–H and O–H groups in total. The zero-order chi connectivity index (χ0) is 10.8. The van der Waals surface area contributed by atoms with Crippen LogP contribution >= 0.6 is 0 Å². The lowest BCUT2D eigenvalue weighted by Crippen LogP contribution is -2.43. The normalized spacial score (nSPS) is 28.3. The maximum atomic E-state index is 10.2. The highest BCUT2D eigenvalue weighted by Gasteiger charge is 2.30. The van der Waals surface area contributed by atoms with E-state index in [0.717, 1.165) is 12.5 Å². The van der Waals surface area contributed by atoms with E-state index in [4.69, 9.17) is 0 Å². The van der Waals surface area contributed by atoms with E-state index in [1.54, 1.807) is 0 Å². The molecule has 0 aliphatic carbocycles. The van der Waals surface area contributed by atoms with Crippen LogP contribution in [-0.2, 0) is 0 Å². The highest BCUT2D eigenvalue weighted by Crippen LogP contribution is 2.24. The number of β-amino-alcohol motifs (C(OH)–C–C–N with tert-alkyl or cyclic N) is 1. The highest BCUT2D eigenvalue weighted by atomic mass is 16.3. The van der Waals surface area contributed by atoms with Crippen molar-refractivity contribution in [3.8, 4) is 0 Å². The molecule has 1 heterocycles. The van der Waals surface area contributed by atoms with Gasteiger partial charge in [-0.1, -0.05) is 27.2 Å². The lowest BCUT2D eigenvalue weighted by atomic mass is 9.92. The smallest absolute Gasteiger partial charge is 0.0768 e. The fourth-order valence-corrected chi connectivity index (χ4v) is 2.02. The van der Waals surface area contributed by atoms with Gasteiger partial charge in [0, 0.05) is 13.1 Å². The third kappa shape index (κ3) is 2.96. The van der Waals surface area contributed by atoms with Crippen molar-refractivity contribution < 1.29 is 5.11 Å². The number of hydrogen-bond acceptors (Lipinski definition) is 2. The van der Waals surface area contributed by atoms with Gasteiger partial charge in [-0.2, -0.15) is 0 Å². The van der Waals surface area contributed by atoms with Gasteiger partial charge in [0.1, 0.15) is 0 Å². The average molecular weight is 199 g/mol. The predicted molar refractivity (Wildman–Crippen MR) is 60.3 cm³/mol. The van der Waals surface area contributed by atoms with Crippen LogP contribution in [0.2, 0.25) is 0 Å². The van der Waals surface area contributed by atoms with E-state index in [-0.39, 0.29) is 0 Å². The van der Waals surface area contributed by atoms with Crippen molar-refractivity contribution in [3.63, 3.8) is 0 Å². The Morgan fingerprint density at radius 1 is 1.50 bits per heavy atom. The zero-order valence-corrected chi connectivity index (χ0v) is 10.1. The van der Waals surface area contributed by atoms with Crippen LogP contribution in [0.25, 0.3) is 0 Å². The first-order valence-electron chi connectivity index (χ1n) is 5.90. The number of aliphatic hydroxyl groups is 1. The molecule has 2 atom stereocenters. The van der Waals surface area contributed by atoms with Crippen molar-refractivity contribution in [2.24, 2.45) is 11.8 Å². The van der Waals surface area contributed by atoms with Gasteiger partial charge in [-0.15, -0.1) is 0 Å². The summed E-state index contributed by atoms with van der Waals surface area (Å²) in [5.41, 5.74) is -0.525. The highest BCUT2D eigenvalue weighted by molar-refractivity contribution is 4.84. The first kappa shape index (κ1) is 12.0. The van der Waals surface area contributed by atoms with Gasteiger partial charge in [0.2, 0.25) is 0 Å². The van der Waals surface area contributed by atoms with Gasteiger partial charge in [-0.3, -0.25) is 0 Å². The lowest BCUT2D eigenvalue weighted by Gasteiger charge is -2.32. The lowest BCUT2D eigenvalue weighted by molar-refractivity contribution is -0.0143. The van der Waals surface area contributed by atoms with Gasteiger partial charge in [0.15, 0.2) is 0 Å². The molecule has 0 aromatic rings. The summed E-state index contributed by atoms with van der Waals surface area (Å²) in [6, 6.07) is 0. The van der Waals surface area contributed by atoms with E-state index < -0.39 is 5.60 Å². The largest absolute Gasteiger partial charge is 0.389 e. The van der Waals surface area contributed by atoms with E-state index in [1.807, 2.05) is 6.92 Å². The van der Waals surface area contributed by atoms with Crippen LogP contribution in [-0.4, -0.2) is 35.2 Å². The summed E-state index contributed by atoms with van der Waals surface area (Å²) in [7, 11) is 0. The summed E-state index contributed by atoms with van der Waals surface area (Å²) in [5.74, 6) is 1.20. The Morgan fingerprint density at radius 2 is 2.14 bits per heavy atom. The van der Waals surface area contributed by atoms with Crippen molar-refractivity contribution in [1.29, 1.82) is 0 Å². The minimum absolute atomic E-state index is 0.336. The van der Waals surface area contributed by atoms with E-state index in [2.05, 4.69) is 25.7 Å². The van der Waals surface area contributed by atoms with E-state index in [9.17, 15) is 5.11 Å². The third-order valence-corrected chi connectivity index (χ3v) is 3.73. The van der Waals surface area contributed by atoms with Crippen LogP contribution in [0.4, 0.5) is 0 Å². The first-order chi connectivity index (χ1) is 6.45. The van der Waals surface area contributed by atoms with Gasteiger partial charge in [0.05, 0.1) is 5.60 Å². The second-order valence-electron chi connectivity index (χ2n) is 5.31. The van der Waals surface area contributed by atoms with Gasteiger partial charge < -0.3 is 10.0 Å². The molecule has 2 unspecified atom stereocenters. The Morgan fingerprint density at radius 3 is 2.57 bits per heavy atom. The minimum atomic E-state index is -0.525. The Balaban J connectivity index is 2.39. The van der Waals surface area contributed by atoms with Crippen molar-refractivity contribution in [2.75, 3.05) is 19.6 Å². The second kappa shape index (κ2) is 4.63. The fraction of sp³-hybridized carbons (Fsp3) is 1.00. The van der Waals surface area contributed by atoms with Gasteiger partial charge >= 0.3 is 0 Å². The summed E-state index contributed by atoms with van der Waals surface area (Å²) in [4.78, 5) is 2.41. The molecular weight excluding hydrogens is 174 g/mol. The molecule has 14 heavy (non-hydrogen) atoms. The van der Waals surface area contributed by atoms with Gasteiger partial charge in [-0.05, 0) is 31.7 Å². The third-order valence-electron chi connectivity index (χ3n) is 3.73. The Hall–Kier alpha value is -0.0800. The molecule has 1 fully saturated rings. The zero-order valence-electron chi connectivity index (χ0n) is 10.1. The molecule has 0 bridgehead atoms. The summed E-state index contributed by atoms with van der Waals surface area (Å²) in [5, 5.41) is 10.2. The van der Waals surface area contributed by atoms with Crippen LogP contribution in [0, 0.1) is 11.8 Å². The Bertz CT molecular complexity index is 177. The Kier molecular flexibility index (Phi) is 3.96. The molecule has 0 radical (unpaired) electrons. The maximum absolute atomic E-state index is 10.2. The molecule has 1 aliphatic rings. The first-order valence-corrected chi connectivity index (χ1v) is 5.90. The predicted octanol–water partition coefficient (Wildman–Crippen LogP) is 2.13. The van der Waals surface area contributed by atoms with E-state index >= 15 is 0 Å². The molecule has 0 aromatic carbocycles. The molecule has 0 saturated carbocycles. The molecule has 84 valence electrons. The van der Waals surface area contributed by atoms with Crippen molar-refractivity contribution in [2.45, 2.75) is 46.1 Å². The maximum Gasteiger partial charge on any atom is 0.0768 e. The van der Waals surface area contributed by atoms with Crippen LogP contribution in [0.3, 0.4) is 0 Å². The summed E-state index contributed by atoms with van der Waals surface area (Å²) in [6.07, 6.45) is 2.59. The van der Waals surface area contributed by atoms with E-state index in [1.165, 1.54) is 25.9 Å². The van der Waals surface area contributed by atoms with Crippen molar-refractivity contribution >= 4 is 0 Å². The van der Waals surface area contributed by atoms with Crippen LogP contribution < -0.4 is 0 Å². The second-order valence-corrected chi connectivity index (χ2v) is 5.31. The summed E-state index contributed by atoms with van der Waals surface area (Å²) >= 11 is 0. The molecule has 2 nitrogen and oxygen atoms in total. The number of likely N-dealkylation sites (tertiary alicyclic amines) is 1. The minimum Gasteiger partial charge on any atom is -0.389 e. The molecular formula is C12H25NO. The molecule has 0 amide bonds. The van der Waals surface area contributed by atoms with Crippen LogP contribution in [0.15, 0.2) is 0 Å². The standard InChI is InChI=1S/C12H25NO/c1-5-11-6-7-13(8-11)9-12(4,14)10(2)3/h10-11,14H,5-9H2,1-4H3. The van der Waals surface area contributed by atoms with E-state index in [0.29, 0.717) is 5.92 Å². The van der Waals surface area contributed by atoms with Gasteiger partial charge in [0.25, 0.3) is 0 Å². The average Bonchev–Trinajstić information content (AvgIpc) is 2.51. The van der Waals surface area contributed by atoms with Gasteiger partial charge in [-0.25, -0.2) is 0 Å². The quantitative estimate of drug-likeness (QED) is 0.749. The SMILES string of the molecule is CCC1CCN(CC(C)(O)C(C)C)C1. The van der Waals surface area contributed by atoms with Crippen molar-refractivity contribution in [3.05, 3.63) is 0 Å². The van der Waals surface area contributed by atoms with Crippen LogP contribution in [0.1, 0.15) is 40.5 Å². The number of hydrogen-bond donors (Lipinski definition) is 1. The fourth-order valence-electron chi connectivity index (χ4n) is 2.02. The molecule has 2 heteroatoms. The number of rotatable bonds is 4. The summed E-state index contributed by atoms with van der Waals surface area (Å²) in [6.45, 7) is 11.6. The molecule has 1 saturated heterocycles. The molecule has 0 aromatic heterocycles. The Labute approximate surface area is 88.3 Å². The molecule has 1 aliphatic heterocycles. The molecule has 0 spiro atoms. The topological polar surface area (TPSA) is 23.5 Å². The van der Waals surface area contributed by atoms with Crippen molar-refractivity contribution in [1.82, 2.24) is 4.90 Å². The molecule has 1 rings (SSSR count). The monoisotopic (exact) mass is 199 g/mol. The summed E-state index contributed by atoms with van der Waals surface area (Å²) < 4.78 is 0.